The number of rotatable bonds is 7. The zero-order valence-electron chi connectivity index (χ0n) is 11.8. The van der Waals surface area contributed by atoms with Crippen LogP contribution in [-0.4, -0.2) is 34.8 Å². The molecule has 0 spiro atoms. The molecule has 0 aliphatic heterocycles. The Morgan fingerprint density at radius 3 is 2.29 bits per heavy atom. The number of aliphatic hydroxyl groups excluding tert-OH is 2. The molecule has 2 N–H and O–H groups in total. The molecule has 0 unspecified atom stereocenters. The summed E-state index contributed by atoms with van der Waals surface area (Å²) < 4.78 is 0. The number of hydrogen-bond donors (Lipinski definition) is 2. The van der Waals surface area contributed by atoms with Crippen LogP contribution in [0.4, 0.5) is 0 Å². The minimum atomic E-state index is -0.600. The molecule has 0 saturated heterocycles. The van der Waals surface area contributed by atoms with Crippen molar-refractivity contribution in [2.45, 2.75) is 12.6 Å². The molecule has 2 aromatic carbocycles. The number of benzene rings is 2. The summed E-state index contributed by atoms with van der Waals surface area (Å²) in [6.07, 6.45) is -0.600. The topological polar surface area (TPSA) is 43.7 Å². The van der Waals surface area contributed by atoms with E-state index < -0.39 is 6.10 Å². The molecule has 0 aromatic heterocycles. The Kier molecular flexibility index (Phi) is 6.21. The zero-order valence-corrected chi connectivity index (χ0v) is 12.6. The number of halogens is 1. The molecule has 2 aromatic rings. The van der Waals surface area contributed by atoms with E-state index in [1.165, 1.54) is 0 Å². The average Bonchev–Trinajstić information content (AvgIpc) is 2.49. The first kappa shape index (κ1) is 16.0. The van der Waals surface area contributed by atoms with Gasteiger partial charge < -0.3 is 10.2 Å². The molecule has 0 amide bonds. The van der Waals surface area contributed by atoms with Gasteiger partial charge in [0, 0.05) is 24.7 Å². The van der Waals surface area contributed by atoms with Crippen LogP contribution in [0.3, 0.4) is 0 Å². The van der Waals surface area contributed by atoms with E-state index in [0.717, 1.165) is 11.1 Å². The summed E-state index contributed by atoms with van der Waals surface area (Å²) >= 11 is 5.85. The van der Waals surface area contributed by atoms with Crippen molar-refractivity contribution >= 4 is 11.6 Å². The summed E-state index contributed by atoms with van der Waals surface area (Å²) in [5, 5.41) is 20.2. The Balaban J connectivity index is 2.00. The van der Waals surface area contributed by atoms with E-state index in [9.17, 15) is 10.2 Å². The molecule has 0 aliphatic rings. The first-order valence-corrected chi connectivity index (χ1v) is 7.37. The van der Waals surface area contributed by atoms with Gasteiger partial charge in [0.1, 0.15) is 0 Å². The lowest BCUT2D eigenvalue weighted by atomic mass is 10.1. The highest BCUT2D eigenvalue weighted by Crippen LogP contribution is 2.18. The summed E-state index contributed by atoms with van der Waals surface area (Å²) in [5.41, 5.74) is 1.99. The number of aliphatic hydroxyl groups is 2. The van der Waals surface area contributed by atoms with Crippen molar-refractivity contribution < 1.29 is 10.2 Å². The summed E-state index contributed by atoms with van der Waals surface area (Å²) in [7, 11) is 0. The quantitative estimate of drug-likeness (QED) is 0.826. The molecule has 2 rings (SSSR count). The Hall–Kier alpha value is -1.39. The second-order valence-electron chi connectivity index (χ2n) is 5.01. The van der Waals surface area contributed by atoms with E-state index >= 15 is 0 Å². The Morgan fingerprint density at radius 2 is 1.67 bits per heavy atom. The van der Waals surface area contributed by atoms with Crippen molar-refractivity contribution in [2.75, 3.05) is 19.7 Å². The standard InChI is InChI=1S/C17H20ClNO2/c18-16-8-6-15(7-9-16)17(21)13-19(10-11-20)12-14-4-2-1-3-5-14/h1-9,17,20-21H,10-13H2/t17-/m0/s1. The minimum Gasteiger partial charge on any atom is -0.395 e. The predicted molar refractivity (Wildman–Crippen MR) is 85.2 cm³/mol. The SMILES string of the molecule is OCCN(Cc1ccccc1)C[C@H](O)c1ccc(Cl)cc1. The summed E-state index contributed by atoms with van der Waals surface area (Å²) in [4.78, 5) is 2.04. The maximum atomic E-state index is 10.3. The second-order valence-corrected chi connectivity index (χ2v) is 5.45. The molecular weight excluding hydrogens is 286 g/mol. The molecule has 4 heteroatoms. The fourth-order valence-corrected chi connectivity index (χ4v) is 2.38. The highest BCUT2D eigenvalue weighted by atomic mass is 35.5. The average molecular weight is 306 g/mol. The van der Waals surface area contributed by atoms with Crippen molar-refractivity contribution in [3.8, 4) is 0 Å². The van der Waals surface area contributed by atoms with Crippen LogP contribution < -0.4 is 0 Å². The third-order valence-electron chi connectivity index (χ3n) is 3.35. The van der Waals surface area contributed by atoms with Gasteiger partial charge >= 0.3 is 0 Å². The van der Waals surface area contributed by atoms with Crippen LogP contribution >= 0.6 is 11.6 Å². The molecule has 1 atom stereocenters. The van der Waals surface area contributed by atoms with Crippen LogP contribution in [0, 0.1) is 0 Å². The lowest BCUT2D eigenvalue weighted by Gasteiger charge is -2.24. The highest BCUT2D eigenvalue weighted by molar-refractivity contribution is 6.30. The van der Waals surface area contributed by atoms with Crippen LogP contribution in [0.5, 0.6) is 0 Å². The van der Waals surface area contributed by atoms with E-state index in [1.54, 1.807) is 12.1 Å². The van der Waals surface area contributed by atoms with Crippen molar-refractivity contribution in [2.24, 2.45) is 0 Å². The molecule has 0 heterocycles. The normalized spacial score (nSPS) is 12.6. The van der Waals surface area contributed by atoms with Crippen molar-refractivity contribution in [1.82, 2.24) is 4.90 Å². The number of nitrogens with zero attached hydrogens (tertiary/aromatic N) is 1. The monoisotopic (exact) mass is 305 g/mol. The molecule has 3 nitrogen and oxygen atoms in total. The van der Waals surface area contributed by atoms with Crippen molar-refractivity contribution in [3.63, 3.8) is 0 Å². The maximum Gasteiger partial charge on any atom is 0.0917 e. The third-order valence-corrected chi connectivity index (χ3v) is 3.60. The van der Waals surface area contributed by atoms with E-state index in [2.05, 4.69) is 0 Å². The predicted octanol–water partition coefficient (Wildman–Crippen LogP) is 2.87. The van der Waals surface area contributed by atoms with Gasteiger partial charge in [0.05, 0.1) is 12.7 Å². The van der Waals surface area contributed by atoms with E-state index in [1.807, 2.05) is 47.4 Å². The van der Waals surface area contributed by atoms with E-state index in [0.29, 0.717) is 24.7 Å². The number of hydrogen-bond acceptors (Lipinski definition) is 3. The van der Waals surface area contributed by atoms with Gasteiger partial charge in [0.25, 0.3) is 0 Å². The smallest absolute Gasteiger partial charge is 0.0917 e. The van der Waals surface area contributed by atoms with E-state index in [4.69, 9.17) is 11.6 Å². The van der Waals surface area contributed by atoms with Gasteiger partial charge in [0.2, 0.25) is 0 Å². The second kappa shape index (κ2) is 8.15. The third kappa shape index (κ3) is 5.14. The highest BCUT2D eigenvalue weighted by Gasteiger charge is 2.13. The summed E-state index contributed by atoms with van der Waals surface area (Å²) in [6, 6.07) is 17.2. The minimum absolute atomic E-state index is 0.0696. The first-order valence-electron chi connectivity index (χ1n) is 6.99. The van der Waals surface area contributed by atoms with Gasteiger partial charge in [-0.3, -0.25) is 4.90 Å². The van der Waals surface area contributed by atoms with Gasteiger partial charge in [0.15, 0.2) is 0 Å². The fraction of sp³-hybridized carbons (Fsp3) is 0.294. The summed E-state index contributed by atoms with van der Waals surface area (Å²) in [6.45, 7) is 1.77. The van der Waals surface area contributed by atoms with Crippen molar-refractivity contribution in [3.05, 3.63) is 70.7 Å². The molecule has 0 saturated carbocycles. The first-order chi connectivity index (χ1) is 10.2. The summed E-state index contributed by atoms with van der Waals surface area (Å²) in [5.74, 6) is 0. The Labute approximate surface area is 130 Å². The van der Waals surface area contributed by atoms with Gasteiger partial charge in [-0.1, -0.05) is 54.1 Å². The fourth-order valence-electron chi connectivity index (χ4n) is 2.25. The molecule has 21 heavy (non-hydrogen) atoms. The van der Waals surface area contributed by atoms with Gasteiger partial charge in [-0.2, -0.15) is 0 Å². The van der Waals surface area contributed by atoms with Crippen LogP contribution in [0.15, 0.2) is 54.6 Å². The van der Waals surface area contributed by atoms with Gasteiger partial charge in [-0.15, -0.1) is 0 Å². The van der Waals surface area contributed by atoms with Gasteiger partial charge in [-0.05, 0) is 23.3 Å². The van der Waals surface area contributed by atoms with Gasteiger partial charge in [-0.25, -0.2) is 0 Å². The Morgan fingerprint density at radius 1 is 1.00 bits per heavy atom. The molecule has 0 bridgehead atoms. The van der Waals surface area contributed by atoms with Crippen LogP contribution in [0.2, 0.25) is 5.02 Å². The van der Waals surface area contributed by atoms with Crippen molar-refractivity contribution in [1.29, 1.82) is 0 Å². The van der Waals surface area contributed by atoms with E-state index in [-0.39, 0.29) is 6.61 Å². The van der Waals surface area contributed by atoms with Crippen LogP contribution in [0.1, 0.15) is 17.2 Å². The van der Waals surface area contributed by atoms with Crippen LogP contribution in [0.25, 0.3) is 0 Å². The lowest BCUT2D eigenvalue weighted by Crippen LogP contribution is -2.31. The molecule has 0 fully saturated rings. The lowest BCUT2D eigenvalue weighted by molar-refractivity contribution is 0.0957. The Bertz CT molecular complexity index is 530. The molecule has 0 radical (unpaired) electrons. The molecule has 0 aliphatic carbocycles. The molecular formula is C17H20ClNO2. The van der Waals surface area contributed by atoms with Crippen LogP contribution in [-0.2, 0) is 6.54 Å². The zero-order chi connectivity index (χ0) is 15.1. The molecule has 112 valence electrons. The largest absolute Gasteiger partial charge is 0.395 e. The maximum absolute atomic E-state index is 10.3.